The summed E-state index contributed by atoms with van der Waals surface area (Å²) < 4.78 is 7.77. The maximum absolute atomic E-state index is 11.9. The summed E-state index contributed by atoms with van der Waals surface area (Å²) in [6, 6.07) is 17.3. The van der Waals surface area contributed by atoms with E-state index in [4.69, 9.17) is 9.84 Å². The molecule has 166 valence electrons. The molecule has 3 aromatic rings. The number of para-hydroxylation sites is 1. The van der Waals surface area contributed by atoms with Gasteiger partial charge in [-0.15, -0.1) is 0 Å². The third-order valence-electron chi connectivity index (χ3n) is 4.94. The van der Waals surface area contributed by atoms with Crippen molar-refractivity contribution < 1.29 is 9.53 Å². The van der Waals surface area contributed by atoms with Crippen molar-refractivity contribution in [3.05, 3.63) is 60.2 Å². The fraction of sp³-hybridized carbons (Fsp3) is 0.333. The van der Waals surface area contributed by atoms with E-state index in [2.05, 4.69) is 30.2 Å². The first-order valence-electron chi connectivity index (χ1n) is 10.3. The van der Waals surface area contributed by atoms with Crippen molar-refractivity contribution in [1.29, 1.82) is 0 Å². The first kappa shape index (κ1) is 24.1. The molecule has 0 aliphatic rings. The number of hydrogen-bond donors (Lipinski definition) is 3. The molecule has 1 aromatic heterocycles. The lowest BCUT2D eigenvalue weighted by Crippen LogP contribution is -2.32. The number of hydrogen-bond acceptors (Lipinski definition) is 6. The number of rotatable bonds is 9. The second-order valence-corrected chi connectivity index (χ2v) is 7.50. The van der Waals surface area contributed by atoms with Crippen molar-refractivity contribution in [3.63, 3.8) is 0 Å². The number of nitrogens with two attached hydrogens (primary N) is 1. The molecule has 1 heterocycles. The van der Waals surface area contributed by atoms with Gasteiger partial charge in [0.25, 0.3) is 0 Å². The molecule has 0 fully saturated rings. The minimum atomic E-state index is -0.256. The Morgan fingerprint density at radius 1 is 1.03 bits per heavy atom. The maximum atomic E-state index is 11.9. The molecule has 7 nitrogen and oxygen atoms in total. The van der Waals surface area contributed by atoms with Gasteiger partial charge in [-0.2, -0.15) is 5.10 Å². The predicted molar refractivity (Wildman–Crippen MR) is 127 cm³/mol. The molecular formula is C24H33N5O2. The van der Waals surface area contributed by atoms with E-state index in [1.807, 2.05) is 73.4 Å². The van der Waals surface area contributed by atoms with Crippen LogP contribution in [0.1, 0.15) is 30.6 Å². The van der Waals surface area contributed by atoms with Crippen LogP contribution in [0.5, 0.6) is 11.5 Å². The number of carbonyl (C=O) groups is 1. The minimum Gasteiger partial charge on any atom is -0.457 e. The number of anilines is 1. The SMILES string of the molecule is CN.CNCCC(C)(C)n1nc(-c2ccc(Oc3ccccc3)cc2)c(C=O)c1NC. The molecule has 0 aliphatic carbocycles. The van der Waals surface area contributed by atoms with Crippen LogP contribution in [0.3, 0.4) is 0 Å². The number of nitrogens with one attached hydrogen (secondary N) is 2. The summed E-state index contributed by atoms with van der Waals surface area (Å²) in [4.78, 5) is 11.9. The Balaban J connectivity index is 0.00000166. The van der Waals surface area contributed by atoms with E-state index < -0.39 is 0 Å². The fourth-order valence-corrected chi connectivity index (χ4v) is 3.28. The Morgan fingerprint density at radius 2 is 1.65 bits per heavy atom. The highest BCUT2D eigenvalue weighted by Crippen LogP contribution is 2.34. The zero-order valence-corrected chi connectivity index (χ0v) is 19.0. The second-order valence-electron chi connectivity index (χ2n) is 7.50. The van der Waals surface area contributed by atoms with Crippen molar-refractivity contribution >= 4 is 12.1 Å². The maximum Gasteiger partial charge on any atom is 0.156 e. The largest absolute Gasteiger partial charge is 0.457 e. The van der Waals surface area contributed by atoms with Crippen LogP contribution in [0.2, 0.25) is 0 Å². The summed E-state index contributed by atoms with van der Waals surface area (Å²) in [5, 5.41) is 11.1. The summed E-state index contributed by atoms with van der Waals surface area (Å²) in [5.74, 6) is 2.23. The molecule has 7 heteroatoms. The average Bonchev–Trinajstić information content (AvgIpc) is 3.20. The van der Waals surface area contributed by atoms with Crippen LogP contribution in [0.4, 0.5) is 5.82 Å². The van der Waals surface area contributed by atoms with Gasteiger partial charge < -0.3 is 21.1 Å². The number of carbonyl (C=O) groups excluding carboxylic acids is 1. The average molecular weight is 424 g/mol. The first-order chi connectivity index (χ1) is 15.0. The number of nitrogens with zero attached hydrogens (tertiary/aromatic N) is 2. The van der Waals surface area contributed by atoms with Crippen molar-refractivity contribution in [2.45, 2.75) is 25.8 Å². The van der Waals surface area contributed by atoms with Gasteiger partial charge in [0.15, 0.2) is 6.29 Å². The quantitative estimate of drug-likeness (QED) is 0.448. The van der Waals surface area contributed by atoms with E-state index >= 15 is 0 Å². The highest BCUT2D eigenvalue weighted by molar-refractivity contribution is 5.92. The minimum absolute atomic E-state index is 0.256. The molecule has 0 saturated heterocycles. The lowest BCUT2D eigenvalue weighted by Gasteiger charge is -2.27. The summed E-state index contributed by atoms with van der Waals surface area (Å²) in [5.41, 5.74) is 6.33. The van der Waals surface area contributed by atoms with Gasteiger partial charge in [0.1, 0.15) is 23.0 Å². The van der Waals surface area contributed by atoms with Gasteiger partial charge in [-0.25, -0.2) is 4.68 Å². The van der Waals surface area contributed by atoms with Gasteiger partial charge in [0, 0.05) is 12.6 Å². The molecule has 31 heavy (non-hydrogen) atoms. The van der Waals surface area contributed by atoms with E-state index in [-0.39, 0.29) is 5.54 Å². The van der Waals surface area contributed by atoms with E-state index in [0.29, 0.717) is 11.3 Å². The Morgan fingerprint density at radius 3 is 2.19 bits per heavy atom. The lowest BCUT2D eigenvalue weighted by molar-refractivity contribution is 0.112. The fourth-order valence-electron chi connectivity index (χ4n) is 3.28. The molecule has 0 amide bonds. The van der Waals surface area contributed by atoms with Crippen LogP contribution in [-0.2, 0) is 5.54 Å². The molecule has 3 rings (SSSR count). The van der Waals surface area contributed by atoms with Crippen LogP contribution < -0.4 is 21.1 Å². The number of ether oxygens (including phenoxy) is 1. The van der Waals surface area contributed by atoms with Gasteiger partial charge >= 0.3 is 0 Å². The van der Waals surface area contributed by atoms with Crippen molar-refractivity contribution in [1.82, 2.24) is 15.1 Å². The third-order valence-corrected chi connectivity index (χ3v) is 4.94. The Hall–Kier alpha value is -3.16. The molecule has 0 aliphatic heterocycles. The normalized spacial score (nSPS) is 10.8. The molecule has 0 radical (unpaired) electrons. The molecule has 0 atom stereocenters. The van der Waals surface area contributed by atoms with Crippen molar-refractivity contribution in [3.8, 4) is 22.8 Å². The molecule has 0 saturated carbocycles. The van der Waals surface area contributed by atoms with Gasteiger partial charge in [-0.05, 0) is 77.3 Å². The molecular weight excluding hydrogens is 390 g/mol. The van der Waals surface area contributed by atoms with E-state index in [0.717, 1.165) is 42.1 Å². The van der Waals surface area contributed by atoms with Crippen LogP contribution in [0.15, 0.2) is 54.6 Å². The number of aldehydes is 1. The molecule has 0 spiro atoms. The third kappa shape index (κ3) is 5.71. The van der Waals surface area contributed by atoms with Gasteiger partial charge in [-0.1, -0.05) is 18.2 Å². The highest BCUT2D eigenvalue weighted by Gasteiger charge is 2.28. The second kappa shape index (κ2) is 11.3. The van der Waals surface area contributed by atoms with Gasteiger partial charge in [-0.3, -0.25) is 4.79 Å². The van der Waals surface area contributed by atoms with Crippen LogP contribution in [0, 0.1) is 0 Å². The zero-order chi connectivity index (χ0) is 22.9. The molecule has 4 N–H and O–H groups in total. The predicted octanol–water partition coefficient (Wildman–Crippen LogP) is 4.12. The van der Waals surface area contributed by atoms with E-state index in [1.54, 1.807) is 0 Å². The Kier molecular flexibility index (Phi) is 8.78. The van der Waals surface area contributed by atoms with Gasteiger partial charge in [0.05, 0.1) is 11.1 Å². The molecule has 0 bridgehead atoms. The smallest absolute Gasteiger partial charge is 0.156 e. The van der Waals surface area contributed by atoms with Gasteiger partial charge in [0.2, 0.25) is 0 Å². The van der Waals surface area contributed by atoms with Crippen LogP contribution >= 0.6 is 0 Å². The standard InChI is InChI=1S/C23H28N4O2.CH5N/c1-23(2,14-15-24-3)27-22(25-4)20(16-28)21(26-27)17-10-12-19(13-11-17)29-18-8-6-5-7-9-18;1-2/h5-13,16,24-25H,14-15H2,1-4H3;2H2,1H3. The Labute approximate surface area is 184 Å². The van der Waals surface area contributed by atoms with Crippen molar-refractivity contribution in [2.75, 3.05) is 33.0 Å². The van der Waals surface area contributed by atoms with E-state index in [1.165, 1.54) is 7.05 Å². The zero-order valence-electron chi connectivity index (χ0n) is 19.0. The van der Waals surface area contributed by atoms with Crippen LogP contribution in [0.25, 0.3) is 11.3 Å². The first-order valence-corrected chi connectivity index (χ1v) is 10.3. The van der Waals surface area contributed by atoms with Crippen LogP contribution in [-0.4, -0.2) is 43.8 Å². The molecule has 0 unspecified atom stereocenters. The Bertz CT molecular complexity index is 950. The molecule has 2 aromatic carbocycles. The summed E-state index contributed by atoms with van der Waals surface area (Å²) >= 11 is 0. The number of benzene rings is 2. The monoisotopic (exact) mass is 423 g/mol. The summed E-state index contributed by atoms with van der Waals surface area (Å²) in [6.07, 6.45) is 1.74. The lowest BCUT2D eigenvalue weighted by atomic mass is 10.0. The number of aromatic nitrogens is 2. The summed E-state index contributed by atoms with van der Waals surface area (Å²) in [7, 11) is 5.24. The topological polar surface area (TPSA) is 94.2 Å². The van der Waals surface area contributed by atoms with Crippen molar-refractivity contribution in [2.24, 2.45) is 5.73 Å². The highest BCUT2D eigenvalue weighted by atomic mass is 16.5. The summed E-state index contributed by atoms with van der Waals surface area (Å²) in [6.45, 7) is 5.09. The van der Waals surface area contributed by atoms with E-state index in [9.17, 15) is 4.79 Å².